The molecule has 0 amide bonds. The Morgan fingerprint density at radius 3 is 2.72 bits per heavy atom. The lowest BCUT2D eigenvalue weighted by Gasteiger charge is -2.30. The number of esters is 2. The Morgan fingerprint density at radius 2 is 2.08 bits per heavy atom. The van der Waals surface area contributed by atoms with Gasteiger partial charge in [0.25, 0.3) is 0 Å². The molecule has 1 aliphatic carbocycles. The Balaban J connectivity index is 2.45. The van der Waals surface area contributed by atoms with Gasteiger partial charge in [0.15, 0.2) is 0 Å². The molecule has 0 radical (unpaired) electrons. The van der Waals surface area contributed by atoms with Gasteiger partial charge in [-0.1, -0.05) is 23.8 Å². The average Bonchev–Trinajstić information content (AvgIpc) is 2.77. The molecule has 2 aliphatic rings. The van der Waals surface area contributed by atoms with Gasteiger partial charge in [0.2, 0.25) is 0 Å². The van der Waals surface area contributed by atoms with Crippen LogP contribution in [0.25, 0.3) is 0 Å². The predicted octanol–water partition coefficient (Wildman–Crippen LogP) is 3.01. The van der Waals surface area contributed by atoms with Gasteiger partial charge in [-0.3, -0.25) is 0 Å². The summed E-state index contributed by atoms with van der Waals surface area (Å²) in [5.41, 5.74) is 2.79. The van der Waals surface area contributed by atoms with Crippen molar-refractivity contribution in [2.45, 2.75) is 58.8 Å². The smallest absolute Gasteiger partial charge is 0.334 e. The third-order valence-corrected chi connectivity index (χ3v) is 4.51. The van der Waals surface area contributed by atoms with E-state index >= 15 is 0 Å². The summed E-state index contributed by atoms with van der Waals surface area (Å²) in [4.78, 5) is 24.2. The van der Waals surface area contributed by atoms with Crippen LogP contribution in [0.15, 0.2) is 47.1 Å². The molecule has 2 rings (SSSR count). The number of carbonyl (C=O) groups is 2. The van der Waals surface area contributed by atoms with Crippen molar-refractivity contribution >= 4 is 11.9 Å². The molecule has 1 heterocycles. The van der Waals surface area contributed by atoms with Gasteiger partial charge in [0.05, 0.1) is 5.92 Å². The van der Waals surface area contributed by atoms with E-state index in [9.17, 15) is 14.7 Å². The molecule has 5 heteroatoms. The normalized spacial score (nSPS) is 29.8. The quantitative estimate of drug-likeness (QED) is 0.473. The highest BCUT2D eigenvalue weighted by Crippen LogP contribution is 2.36. The number of fused-ring (bicyclic) bond motifs is 1. The van der Waals surface area contributed by atoms with E-state index in [2.05, 4.69) is 6.58 Å². The fraction of sp³-hybridized carbons (Fsp3) is 0.500. The van der Waals surface area contributed by atoms with Gasteiger partial charge in [-0.05, 0) is 52.2 Å². The lowest BCUT2D eigenvalue weighted by Crippen LogP contribution is -2.42. The summed E-state index contributed by atoms with van der Waals surface area (Å²) in [5, 5.41) is 10.8. The van der Waals surface area contributed by atoms with E-state index in [1.807, 2.05) is 19.1 Å². The van der Waals surface area contributed by atoms with Crippen LogP contribution in [0.3, 0.4) is 0 Å². The van der Waals surface area contributed by atoms with E-state index in [4.69, 9.17) is 9.47 Å². The molecule has 0 saturated carbocycles. The highest BCUT2D eigenvalue weighted by Gasteiger charge is 2.47. The first-order valence-corrected chi connectivity index (χ1v) is 8.48. The number of aliphatic hydroxyl groups is 1. The van der Waals surface area contributed by atoms with Crippen LogP contribution in [0.1, 0.15) is 40.5 Å². The average molecular weight is 346 g/mol. The van der Waals surface area contributed by atoms with Crippen molar-refractivity contribution in [3.8, 4) is 0 Å². The number of rotatable bonds is 2. The van der Waals surface area contributed by atoms with Gasteiger partial charge < -0.3 is 14.6 Å². The van der Waals surface area contributed by atoms with E-state index in [1.54, 1.807) is 20.8 Å². The van der Waals surface area contributed by atoms with Crippen LogP contribution in [0.5, 0.6) is 0 Å². The molecule has 0 bridgehead atoms. The van der Waals surface area contributed by atoms with Crippen molar-refractivity contribution in [1.82, 2.24) is 0 Å². The molecule has 0 aromatic rings. The van der Waals surface area contributed by atoms with Crippen LogP contribution in [0.4, 0.5) is 0 Å². The first kappa shape index (κ1) is 19.2. The van der Waals surface area contributed by atoms with Crippen molar-refractivity contribution < 1.29 is 24.2 Å². The Morgan fingerprint density at radius 1 is 1.40 bits per heavy atom. The molecule has 0 spiro atoms. The van der Waals surface area contributed by atoms with Gasteiger partial charge >= 0.3 is 11.9 Å². The molecule has 0 aromatic heterocycles. The summed E-state index contributed by atoms with van der Waals surface area (Å²) in [5.74, 6) is -1.69. The largest absolute Gasteiger partial charge is 0.455 e. The van der Waals surface area contributed by atoms with Crippen molar-refractivity contribution in [2.75, 3.05) is 0 Å². The minimum absolute atomic E-state index is 0.219. The Bertz CT molecular complexity index is 664. The Kier molecular flexibility index (Phi) is 6.01. The monoisotopic (exact) mass is 346 g/mol. The molecular weight excluding hydrogens is 320 g/mol. The van der Waals surface area contributed by atoms with Crippen molar-refractivity contribution in [2.24, 2.45) is 5.92 Å². The minimum atomic E-state index is -1.03. The fourth-order valence-electron chi connectivity index (χ4n) is 3.14. The number of ether oxygens (including phenoxy) is 2. The SMILES string of the molecule is C=C1C(=O)OC2C=C(C)CCC=C(C)C(O)C(OC(=O)C=C(C)C)C12. The van der Waals surface area contributed by atoms with Crippen LogP contribution in [-0.2, 0) is 19.1 Å². The van der Waals surface area contributed by atoms with Crippen molar-refractivity contribution in [3.05, 3.63) is 47.1 Å². The van der Waals surface area contributed by atoms with Gasteiger partial charge in [-0.2, -0.15) is 0 Å². The summed E-state index contributed by atoms with van der Waals surface area (Å²) in [6.45, 7) is 11.1. The zero-order chi connectivity index (χ0) is 18.7. The van der Waals surface area contributed by atoms with Crippen LogP contribution in [0, 0.1) is 5.92 Å². The minimum Gasteiger partial charge on any atom is -0.455 e. The number of hydrogen-bond acceptors (Lipinski definition) is 5. The predicted molar refractivity (Wildman–Crippen MR) is 94.6 cm³/mol. The number of carbonyl (C=O) groups excluding carboxylic acids is 2. The summed E-state index contributed by atoms with van der Waals surface area (Å²) in [6.07, 6.45) is 4.16. The second kappa shape index (κ2) is 7.83. The molecule has 136 valence electrons. The van der Waals surface area contributed by atoms with E-state index in [0.717, 1.165) is 24.0 Å². The third-order valence-electron chi connectivity index (χ3n) is 4.51. The highest BCUT2D eigenvalue weighted by molar-refractivity contribution is 5.91. The van der Waals surface area contributed by atoms with E-state index in [-0.39, 0.29) is 5.57 Å². The molecule has 25 heavy (non-hydrogen) atoms. The summed E-state index contributed by atoms with van der Waals surface area (Å²) in [7, 11) is 0. The van der Waals surface area contributed by atoms with Gasteiger partial charge in [-0.25, -0.2) is 9.59 Å². The van der Waals surface area contributed by atoms with Crippen LogP contribution >= 0.6 is 0 Å². The third kappa shape index (κ3) is 4.48. The van der Waals surface area contributed by atoms with Gasteiger partial charge in [-0.15, -0.1) is 0 Å². The van der Waals surface area contributed by atoms with Crippen LogP contribution in [0.2, 0.25) is 0 Å². The van der Waals surface area contributed by atoms with E-state index in [1.165, 1.54) is 6.08 Å². The lowest BCUT2D eigenvalue weighted by molar-refractivity contribution is -0.152. The number of hydrogen-bond donors (Lipinski definition) is 1. The van der Waals surface area contributed by atoms with Crippen molar-refractivity contribution in [1.29, 1.82) is 0 Å². The molecule has 0 aromatic carbocycles. The molecule has 5 nitrogen and oxygen atoms in total. The molecular formula is C20H26O5. The zero-order valence-corrected chi connectivity index (χ0v) is 15.2. The second-order valence-corrected chi connectivity index (χ2v) is 6.99. The summed E-state index contributed by atoms with van der Waals surface area (Å²) in [6, 6.07) is 0. The first-order valence-electron chi connectivity index (χ1n) is 8.48. The lowest BCUT2D eigenvalue weighted by atomic mass is 9.84. The molecule has 4 unspecified atom stereocenters. The summed E-state index contributed by atoms with van der Waals surface area (Å²) >= 11 is 0. The maximum atomic E-state index is 12.2. The second-order valence-electron chi connectivity index (χ2n) is 6.99. The first-order chi connectivity index (χ1) is 11.7. The maximum absolute atomic E-state index is 12.2. The molecule has 1 saturated heterocycles. The number of aliphatic hydroxyl groups excluding tert-OH is 1. The van der Waals surface area contributed by atoms with Gasteiger partial charge in [0.1, 0.15) is 18.3 Å². The molecule has 4 atom stereocenters. The molecule has 1 N–H and O–H groups in total. The topological polar surface area (TPSA) is 72.8 Å². The zero-order valence-electron chi connectivity index (χ0n) is 15.2. The standard InChI is InChI=1S/C20H26O5/c1-11(2)9-16(21)25-19-17-14(5)20(23)24-15(17)10-12(3)7-6-8-13(4)18(19)22/h8-10,15,17-19,22H,5-7H2,1-4H3. The van der Waals surface area contributed by atoms with Crippen LogP contribution < -0.4 is 0 Å². The van der Waals surface area contributed by atoms with Crippen LogP contribution in [-0.4, -0.2) is 35.4 Å². The number of allylic oxidation sites excluding steroid dienone is 3. The summed E-state index contributed by atoms with van der Waals surface area (Å²) < 4.78 is 11.0. The van der Waals surface area contributed by atoms with E-state index in [0.29, 0.717) is 5.57 Å². The molecule has 1 fully saturated rings. The Labute approximate surface area is 148 Å². The van der Waals surface area contributed by atoms with E-state index < -0.39 is 36.2 Å². The van der Waals surface area contributed by atoms with Crippen molar-refractivity contribution in [3.63, 3.8) is 0 Å². The van der Waals surface area contributed by atoms with Gasteiger partial charge in [0, 0.05) is 11.6 Å². The fourth-order valence-corrected chi connectivity index (χ4v) is 3.14. The highest BCUT2D eigenvalue weighted by atomic mass is 16.6. The maximum Gasteiger partial charge on any atom is 0.334 e. The molecule has 1 aliphatic heterocycles. The Hall–Kier alpha value is -2.14.